The van der Waals surface area contributed by atoms with Gasteiger partial charge in [0.1, 0.15) is 11.6 Å². The summed E-state index contributed by atoms with van der Waals surface area (Å²) in [6.07, 6.45) is 1.62. The Morgan fingerprint density at radius 2 is 2.12 bits per heavy atom. The monoisotopic (exact) mass is 354 g/mol. The van der Waals surface area contributed by atoms with Crippen molar-refractivity contribution in [2.75, 3.05) is 25.0 Å². The number of amides is 2. The van der Waals surface area contributed by atoms with Gasteiger partial charge in [0.2, 0.25) is 16.9 Å². The molecular weight excluding hydrogens is 328 g/mol. The molecule has 0 aromatic carbocycles. The Labute approximate surface area is 146 Å². The van der Waals surface area contributed by atoms with Crippen LogP contribution in [0.1, 0.15) is 45.5 Å². The number of carbonyl (C=O) groups excluding carboxylic acids is 2. The molecule has 0 radical (unpaired) electrons. The van der Waals surface area contributed by atoms with E-state index in [-0.39, 0.29) is 17.7 Å². The van der Waals surface area contributed by atoms with Gasteiger partial charge in [-0.1, -0.05) is 32.1 Å². The van der Waals surface area contributed by atoms with E-state index in [9.17, 15) is 9.59 Å². The van der Waals surface area contributed by atoms with Gasteiger partial charge in [0.15, 0.2) is 0 Å². The van der Waals surface area contributed by atoms with E-state index >= 15 is 0 Å². The number of nitrogens with zero attached hydrogens (tertiary/aromatic N) is 3. The second-order valence-corrected chi connectivity index (χ2v) is 8.03. The average Bonchev–Trinajstić information content (AvgIpc) is 2.98. The van der Waals surface area contributed by atoms with Crippen LogP contribution >= 0.6 is 11.3 Å². The van der Waals surface area contributed by atoms with Gasteiger partial charge in [0, 0.05) is 25.1 Å². The zero-order valence-electron chi connectivity index (χ0n) is 14.8. The van der Waals surface area contributed by atoms with Crippen molar-refractivity contribution in [3.05, 3.63) is 5.01 Å². The lowest BCUT2D eigenvalue weighted by atomic mass is 9.91. The van der Waals surface area contributed by atoms with Crippen molar-refractivity contribution < 1.29 is 14.3 Å². The van der Waals surface area contributed by atoms with Crippen molar-refractivity contribution in [3.63, 3.8) is 0 Å². The summed E-state index contributed by atoms with van der Waals surface area (Å²) in [7, 11) is 0. The van der Waals surface area contributed by atoms with Crippen LogP contribution in [0.15, 0.2) is 0 Å². The quantitative estimate of drug-likeness (QED) is 0.877. The highest BCUT2D eigenvalue weighted by atomic mass is 32.1. The van der Waals surface area contributed by atoms with Gasteiger partial charge >= 0.3 is 0 Å². The molecule has 1 atom stereocenters. The van der Waals surface area contributed by atoms with Gasteiger partial charge in [0.05, 0.1) is 5.92 Å². The minimum Gasteiger partial charge on any atom is -0.374 e. The maximum absolute atomic E-state index is 12.5. The van der Waals surface area contributed by atoms with Crippen LogP contribution in [0.4, 0.5) is 5.13 Å². The van der Waals surface area contributed by atoms with Crippen LogP contribution in [-0.4, -0.2) is 46.6 Å². The molecule has 24 heavy (non-hydrogen) atoms. The van der Waals surface area contributed by atoms with Gasteiger partial charge in [0.25, 0.3) is 0 Å². The molecule has 2 amide bonds. The molecule has 0 spiro atoms. The third-order valence-electron chi connectivity index (χ3n) is 3.85. The van der Waals surface area contributed by atoms with Crippen molar-refractivity contribution in [1.29, 1.82) is 0 Å². The minimum absolute atomic E-state index is 0.0925. The lowest BCUT2D eigenvalue weighted by molar-refractivity contribution is -0.142. The highest BCUT2D eigenvalue weighted by Crippen LogP contribution is 2.25. The van der Waals surface area contributed by atoms with Crippen molar-refractivity contribution in [2.45, 2.75) is 47.1 Å². The summed E-state index contributed by atoms with van der Waals surface area (Å²) in [5, 5.41) is 12.0. The van der Waals surface area contributed by atoms with E-state index in [2.05, 4.69) is 15.5 Å². The number of piperidine rings is 1. The van der Waals surface area contributed by atoms with Crippen LogP contribution in [0.3, 0.4) is 0 Å². The van der Waals surface area contributed by atoms with E-state index in [4.69, 9.17) is 4.74 Å². The lowest BCUT2D eigenvalue weighted by Crippen LogP contribution is -2.47. The van der Waals surface area contributed by atoms with E-state index in [1.807, 2.05) is 27.7 Å². The summed E-state index contributed by atoms with van der Waals surface area (Å²) in [6, 6.07) is 0. The first-order chi connectivity index (χ1) is 11.3. The largest absolute Gasteiger partial charge is 0.374 e. The van der Waals surface area contributed by atoms with Crippen LogP contribution in [0.25, 0.3) is 0 Å². The Hall–Kier alpha value is -1.54. The molecule has 2 rings (SSSR count). The topological polar surface area (TPSA) is 84.4 Å². The molecule has 0 saturated carbocycles. The molecule has 1 aromatic rings. The fourth-order valence-corrected chi connectivity index (χ4v) is 3.29. The van der Waals surface area contributed by atoms with E-state index in [0.29, 0.717) is 24.9 Å². The highest BCUT2D eigenvalue weighted by Gasteiger charge is 2.33. The molecule has 8 heteroatoms. The summed E-state index contributed by atoms with van der Waals surface area (Å²) < 4.78 is 5.28. The first-order valence-electron chi connectivity index (χ1n) is 8.31. The smallest absolute Gasteiger partial charge is 0.231 e. The molecule has 1 N–H and O–H groups in total. The number of likely N-dealkylation sites (tertiary alicyclic amines) is 1. The first kappa shape index (κ1) is 18.8. The Morgan fingerprint density at radius 1 is 1.38 bits per heavy atom. The van der Waals surface area contributed by atoms with Gasteiger partial charge in [-0.15, -0.1) is 10.2 Å². The average molecular weight is 354 g/mol. The molecule has 1 aromatic heterocycles. The van der Waals surface area contributed by atoms with E-state index in [1.165, 1.54) is 11.3 Å². The van der Waals surface area contributed by atoms with E-state index in [1.54, 1.807) is 4.90 Å². The zero-order valence-corrected chi connectivity index (χ0v) is 15.6. The lowest BCUT2D eigenvalue weighted by Gasteiger charge is -2.35. The number of hydrogen-bond acceptors (Lipinski definition) is 6. The molecular formula is C16H26N4O3S. The second kappa shape index (κ2) is 8.02. The number of ether oxygens (including phenoxy) is 1. The van der Waals surface area contributed by atoms with Gasteiger partial charge < -0.3 is 15.0 Å². The maximum Gasteiger partial charge on any atom is 0.231 e. The Kier molecular flexibility index (Phi) is 6.28. The third kappa shape index (κ3) is 4.98. The normalized spacial score (nSPS) is 18.5. The summed E-state index contributed by atoms with van der Waals surface area (Å²) in [4.78, 5) is 26.7. The first-order valence-corrected chi connectivity index (χ1v) is 9.13. The highest BCUT2D eigenvalue weighted by molar-refractivity contribution is 7.15. The van der Waals surface area contributed by atoms with Crippen molar-refractivity contribution >= 4 is 28.3 Å². The second-order valence-electron chi connectivity index (χ2n) is 6.97. The molecule has 2 heterocycles. The molecule has 0 aliphatic carbocycles. The Balaban J connectivity index is 1.92. The summed E-state index contributed by atoms with van der Waals surface area (Å²) >= 11 is 1.32. The molecule has 1 saturated heterocycles. The SMILES string of the molecule is CCOCc1nnc(NC(=O)[C@@H]2CCCN(C(=O)C(C)(C)C)C2)s1. The predicted octanol–water partition coefficient (Wildman–Crippen LogP) is 2.30. The number of rotatable bonds is 5. The fourth-order valence-electron chi connectivity index (χ4n) is 2.61. The zero-order chi connectivity index (χ0) is 17.7. The summed E-state index contributed by atoms with van der Waals surface area (Å²) in [5.74, 6) is -0.209. The molecule has 134 valence electrons. The third-order valence-corrected chi connectivity index (χ3v) is 4.66. The number of aromatic nitrogens is 2. The molecule has 1 fully saturated rings. The number of carbonyl (C=O) groups is 2. The number of anilines is 1. The van der Waals surface area contributed by atoms with Gasteiger partial charge in [-0.2, -0.15) is 0 Å². The van der Waals surface area contributed by atoms with Crippen LogP contribution in [0.2, 0.25) is 0 Å². The molecule has 7 nitrogen and oxygen atoms in total. The van der Waals surface area contributed by atoms with Gasteiger partial charge in [-0.3, -0.25) is 9.59 Å². The Morgan fingerprint density at radius 3 is 2.79 bits per heavy atom. The maximum atomic E-state index is 12.5. The van der Waals surface area contributed by atoms with Crippen molar-refractivity contribution in [2.24, 2.45) is 11.3 Å². The van der Waals surface area contributed by atoms with Gasteiger partial charge in [-0.05, 0) is 19.8 Å². The molecule has 1 aliphatic rings. The standard InChI is InChI=1S/C16H26N4O3S/c1-5-23-10-12-18-19-15(24-12)17-13(21)11-7-6-8-20(9-11)14(22)16(2,3)4/h11H,5-10H2,1-4H3,(H,17,19,21)/t11-/m1/s1. The Bertz CT molecular complexity index is 582. The van der Waals surface area contributed by atoms with Crippen LogP contribution in [-0.2, 0) is 20.9 Å². The van der Waals surface area contributed by atoms with Gasteiger partial charge in [-0.25, -0.2) is 0 Å². The van der Waals surface area contributed by atoms with Crippen LogP contribution in [0, 0.1) is 11.3 Å². The van der Waals surface area contributed by atoms with E-state index in [0.717, 1.165) is 24.4 Å². The minimum atomic E-state index is -0.425. The summed E-state index contributed by atoms with van der Waals surface area (Å²) in [5.41, 5.74) is -0.425. The van der Waals surface area contributed by atoms with Crippen LogP contribution < -0.4 is 5.32 Å². The molecule has 1 aliphatic heterocycles. The van der Waals surface area contributed by atoms with Crippen molar-refractivity contribution in [3.8, 4) is 0 Å². The molecule has 0 unspecified atom stereocenters. The van der Waals surface area contributed by atoms with Crippen LogP contribution in [0.5, 0.6) is 0 Å². The fraction of sp³-hybridized carbons (Fsp3) is 0.750. The van der Waals surface area contributed by atoms with E-state index < -0.39 is 5.41 Å². The summed E-state index contributed by atoms with van der Waals surface area (Å²) in [6.45, 7) is 9.82. The number of hydrogen-bond donors (Lipinski definition) is 1. The van der Waals surface area contributed by atoms with Crippen molar-refractivity contribution in [1.82, 2.24) is 15.1 Å². The molecule has 0 bridgehead atoms. The predicted molar refractivity (Wildman–Crippen MR) is 92.6 cm³/mol. The number of nitrogens with one attached hydrogen (secondary N) is 1.